The number of hydrogen-bond donors (Lipinski definition) is 0. The molecule has 2 nitrogen and oxygen atoms in total. The monoisotopic (exact) mass is 420 g/mol. The van der Waals surface area contributed by atoms with Gasteiger partial charge in [-0.15, -0.1) is 11.3 Å². The molecule has 0 bridgehead atoms. The third-order valence-corrected chi connectivity index (χ3v) is 4.58. The standard InChI is InChI=1S/C16H10Br2N2S/c17-13-6-4-12(5-7-13)15-10-21-16(20-15)19-9-11-2-1-3-14(18)8-11/h1-10H. The molecule has 0 saturated heterocycles. The molecule has 0 unspecified atom stereocenters. The second kappa shape index (κ2) is 6.64. The number of thiazole rings is 1. The van der Waals surface area contributed by atoms with Crippen molar-refractivity contribution in [2.24, 2.45) is 4.99 Å². The minimum Gasteiger partial charge on any atom is -0.227 e. The van der Waals surface area contributed by atoms with Crippen molar-refractivity contribution in [3.63, 3.8) is 0 Å². The highest BCUT2D eigenvalue weighted by atomic mass is 79.9. The first kappa shape index (κ1) is 14.6. The first-order valence-electron chi connectivity index (χ1n) is 6.22. The normalized spacial score (nSPS) is 11.1. The van der Waals surface area contributed by atoms with Gasteiger partial charge in [0.05, 0.1) is 5.69 Å². The fourth-order valence-corrected chi connectivity index (χ4v) is 3.15. The zero-order chi connectivity index (χ0) is 14.7. The Bertz CT molecular complexity index is 779. The van der Waals surface area contributed by atoms with E-state index in [-0.39, 0.29) is 0 Å². The van der Waals surface area contributed by atoms with Crippen LogP contribution in [0.25, 0.3) is 11.3 Å². The summed E-state index contributed by atoms with van der Waals surface area (Å²) in [6.07, 6.45) is 1.83. The quantitative estimate of drug-likeness (QED) is 0.470. The first-order chi connectivity index (χ1) is 10.2. The van der Waals surface area contributed by atoms with Crippen molar-refractivity contribution in [3.05, 3.63) is 68.4 Å². The van der Waals surface area contributed by atoms with E-state index in [1.807, 2.05) is 60.1 Å². The van der Waals surface area contributed by atoms with Gasteiger partial charge in [0.25, 0.3) is 0 Å². The van der Waals surface area contributed by atoms with Crippen LogP contribution in [0.5, 0.6) is 0 Å². The van der Waals surface area contributed by atoms with Crippen LogP contribution in [-0.4, -0.2) is 11.2 Å². The number of aliphatic imine (C=N–C) groups is 1. The van der Waals surface area contributed by atoms with E-state index in [1.54, 1.807) is 0 Å². The topological polar surface area (TPSA) is 25.2 Å². The molecule has 1 aromatic heterocycles. The van der Waals surface area contributed by atoms with Crippen LogP contribution in [0.4, 0.5) is 5.13 Å². The van der Waals surface area contributed by atoms with E-state index in [0.717, 1.165) is 30.9 Å². The zero-order valence-electron chi connectivity index (χ0n) is 10.8. The molecule has 0 saturated carbocycles. The Hall–Kier alpha value is -1.30. The van der Waals surface area contributed by atoms with E-state index in [2.05, 4.69) is 41.8 Å². The van der Waals surface area contributed by atoms with Crippen LogP contribution in [-0.2, 0) is 0 Å². The number of rotatable bonds is 3. The Balaban J connectivity index is 1.80. The maximum absolute atomic E-state index is 4.54. The summed E-state index contributed by atoms with van der Waals surface area (Å²) in [7, 11) is 0. The smallest absolute Gasteiger partial charge is 0.209 e. The number of nitrogens with zero attached hydrogens (tertiary/aromatic N) is 2. The van der Waals surface area contributed by atoms with Gasteiger partial charge >= 0.3 is 0 Å². The highest BCUT2D eigenvalue weighted by molar-refractivity contribution is 9.10. The van der Waals surface area contributed by atoms with Crippen molar-refractivity contribution in [3.8, 4) is 11.3 Å². The summed E-state index contributed by atoms with van der Waals surface area (Å²) in [6, 6.07) is 16.1. The molecule has 0 aliphatic rings. The van der Waals surface area contributed by atoms with Crippen LogP contribution in [0, 0.1) is 0 Å². The van der Waals surface area contributed by atoms with Crippen molar-refractivity contribution in [2.45, 2.75) is 0 Å². The third-order valence-electron chi connectivity index (χ3n) is 2.80. The fraction of sp³-hybridized carbons (Fsp3) is 0. The van der Waals surface area contributed by atoms with Gasteiger partial charge < -0.3 is 0 Å². The molecule has 0 spiro atoms. The minimum atomic E-state index is 0.757. The van der Waals surface area contributed by atoms with Crippen LogP contribution in [0.3, 0.4) is 0 Å². The lowest BCUT2D eigenvalue weighted by atomic mass is 10.2. The van der Waals surface area contributed by atoms with Gasteiger partial charge in [-0.25, -0.2) is 9.98 Å². The summed E-state index contributed by atoms with van der Waals surface area (Å²) >= 11 is 8.42. The maximum atomic E-state index is 4.54. The van der Waals surface area contributed by atoms with Crippen LogP contribution in [0.15, 0.2) is 67.8 Å². The Morgan fingerprint density at radius 3 is 2.57 bits per heavy atom. The van der Waals surface area contributed by atoms with Gasteiger partial charge in [-0.3, -0.25) is 0 Å². The number of aromatic nitrogens is 1. The van der Waals surface area contributed by atoms with E-state index >= 15 is 0 Å². The number of hydrogen-bond acceptors (Lipinski definition) is 3. The summed E-state index contributed by atoms with van der Waals surface area (Å²) in [6.45, 7) is 0. The predicted octanol–water partition coefficient (Wildman–Crippen LogP) is 6.09. The first-order valence-corrected chi connectivity index (χ1v) is 8.68. The average molecular weight is 422 g/mol. The van der Waals surface area contributed by atoms with Crippen molar-refractivity contribution in [2.75, 3.05) is 0 Å². The van der Waals surface area contributed by atoms with E-state index in [1.165, 1.54) is 11.3 Å². The van der Waals surface area contributed by atoms with Crippen LogP contribution < -0.4 is 0 Å². The average Bonchev–Trinajstić information content (AvgIpc) is 2.95. The molecule has 0 atom stereocenters. The Kier molecular flexibility index (Phi) is 4.63. The molecular weight excluding hydrogens is 412 g/mol. The van der Waals surface area contributed by atoms with Crippen molar-refractivity contribution < 1.29 is 0 Å². The maximum Gasteiger partial charge on any atom is 0.209 e. The largest absolute Gasteiger partial charge is 0.227 e. The number of halogens is 2. The molecule has 0 aliphatic heterocycles. The van der Waals surface area contributed by atoms with Crippen LogP contribution in [0.1, 0.15) is 5.56 Å². The van der Waals surface area contributed by atoms with Crippen molar-refractivity contribution in [1.82, 2.24) is 4.98 Å². The lowest BCUT2D eigenvalue weighted by Crippen LogP contribution is -1.80. The molecule has 0 fully saturated rings. The molecule has 0 radical (unpaired) electrons. The second-order valence-electron chi connectivity index (χ2n) is 4.34. The van der Waals surface area contributed by atoms with Gasteiger partial charge in [0.1, 0.15) is 0 Å². The molecule has 21 heavy (non-hydrogen) atoms. The highest BCUT2D eigenvalue weighted by Crippen LogP contribution is 2.27. The van der Waals surface area contributed by atoms with Crippen LogP contribution >= 0.6 is 43.2 Å². The van der Waals surface area contributed by atoms with Gasteiger partial charge in [0.15, 0.2) is 0 Å². The van der Waals surface area contributed by atoms with Gasteiger partial charge in [-0.05, 0) is 29.8 Å². The third kappa shape index (κ3) is 3.87. The van der Waals surface area contributed by atoms with E-state index in [0.29, 0.717) is 0 Å². The molecule has 5 heteroatoms. The fourth-order valence-electron chi connectivity index (χ4n) is 1.79. The van der Waals surface area contributed by atoms with Gasteiger partial charge in [0.2, 0.25) is 5.13 Å². The summed E-state index contributed by atoms with van der Waals surface area (Å²) < 4.78 is 2.11. The Morgan fingerprint density at radius 1 is 1.00 bits per heavy atom. The van der Waals surface area contributed by atoms with Gasteiger partial charge in [0, 0.05) is 26.1 Å². The van der Waals surface area contributed by atoms with E-state index < -0.39 is 0 Å². The summed E-state index contributed by atoms with van der Waals surface area (Å²) in [5.41, 5.74) is 3.09. The molecule has 0 N–H and O–H groups in total. The summed E-state index contributed by atoms with van der Waals surface area (Å²) in [4.78, 5) is 8.97. The summed E-state index contributed by atoms with van der Waals surface area (Å²) in [5.74, 6) is 0. The molecular formula is C16H10Br2N2S. The SMILES string of the molecule is Brc1ccc(-c2csc(N=Cc3cccc(Br)c3)n2)cc1. The highest BCUT2D eigenvalue weighted by Gasteiger charge is 2.03. The molecule has 0 aliphatic carbocycles. The van der Waals surface area contributed by atoms with Crippen molar-refractivity contribution in [1.29, 1.82) is 0 Å². The van der Waals surface area contributed by atoms with Gasteiger partial charge in [-0.1, -0.05) is 56.1 Å². The molecule has 0 amide bonds. The van der Waals surface area contributed by atoms with E-state index in [9.17, 15) is 0 Å². The summed E-state index contributed by atoms with van der Waals surface area (Å²) in [5, 5.41) is 2.78. The number of benzene rings is 2. The molecule has 1 heterocycles. The lowest BCUT2D eigenvalue weighted by molar-refractivity contribution is 1.36. The van der Waals surface area contributed by atoms with Gasteiger partial charge in [-0.2, -0.15) is 0 Å². The van der Waals surface area contributed by atoms with Crippen molar-refractivity contribution >= 4 is 54.5 Å². The molecule has 3 rings (SSSR count). The Morgan fingerprint density at radius 2 is 1.81 bits per heavy atom. The van der Waals surface area contributed by atoms with E-state index in [4.69, 9.17) is 0 Å². The molecule has 3 aromatic rings. The second-order valence-corrected chi connectivity index (χ2v) is 7.00. The lowest BCUT2D eigenvalue weighted by Gasteiger charge is -1.95. The Labute approximate surface area is 143 Å². The molecule has 2 aromatic carbocycles. The molecule has 104 valence electrons. The van der Waals surface area contributed by atoms with Crippen LogP contribution in [0.2, 0.25) is 0 Å². The zero-order valence-corrected chi connectivity index (χ0v) is 14.8. The minimum absolute atomic E-state index is 0.757. The predicted molar refractivity (Wildman–Crippen MR) is 96.6 cm³/mol.